The topological polar surface area (TPSA) is 75.1 Å². The summed E-state index contributed by atoms with van der Waals surface area (Å²) in [6.07, 6.45) is 7.90. The van der Waals surface area contributed by atoms with Crippen LogP contribution in [0.5, 0.6) is 0 Å². The van der Waals surface area contributed by atoms with Gasteiger partial charge in [-0.25, -0.2) is 14.8 Å². The first kappa shape index (κ1) is 13.9. The molecule has 0 aliphatic heterocycles. The van der Waals surface area contributed by atoms with Gasteiger partial charge in [-0.15, -0.1) is 0 Å². The molecule has 0 unspecified atom stereocenters. The van der Waals surface area contributed by atoms with Crippen molar-refractivity contribution >= 4 is 5.97 Å². The van der Waals surface area contributed by atoms with Crippen LogP contribution in [0.4, 0.5) is 0 Å². The van der Waals surface area contributed by atoms with Gasteiger partial charge in [-0.2, -0.15) is 0 Å². The van der Waals surface area contributed by atoms with Crippen molar-refractivity contribution in [3.8, 4) is 0 Å². The Kier molecular flexibility index (Phi) is 4.85. The molecule has 2 rings (SSSR count). The number of aromatic nitrogens is 2. The Morgan fingerprint density at radius 2 is 2.16 bits per heavy atom. The van der Waals surface area contributed by atoms with Crippen molar-refractivity contribution in [2.24, 2.45) is 11.8 Å². The van der Waals surface area contributed by atoms with Crippen LogP contribution in [0.25, 0.3) is 0 Å². The van der Waals surface area contributed by atoms with E-state index in [9.17, 15) is 4.79 Å². The molecule has 0 amide bonds. The summed E-state index contributed by atoms with van der Waals surface area (Å²) in [6, 6.07) is 0. The number of carboxylic acid groups (broad SMARTS) is 1. The van der Waals surface area contributed by atoms with Crippen LogP contribution < -0.4 is 5.32 Å². The number of nitrogens with one attached hydrogen (secondary N) is 1. The third kappa shape index (κ3) is 3.99. The van der Waals surface area contributed by atoms with E-state index in [-0.39, 0.29) is 5.56 Å². The second kappa shape index (κ2) is 6.61. The number of nitrogens with zero attached hydrogens (tertiary/aromatic N) is 2. The van der Waals surface area contributed by atoms with Gasteiger partial charge < -0.3 is 10.4 Å². The minimum absolute atomic E-state index is 0.187. The Bertz CT molecular complexity index is 428. The Hall–Kier alpha value is -1.49. The second-order valence-electron chi connectivity index (χ2n) is 5.45. The molecule has 1 aliphatic rings. The van der Waals surface area contributed by atoms with E-state index in [2.05, 4.69) is 22.2 Å². The van der Waals surface area contributed by atoms with Crippen molar-refractivity contribution in [3.63, 3.8) is 0 Å². The largest absolute Gasteiger partial charge is 0.478 e. The molecule has 1 aliphatic carbocycles. The highest BCUT2D eigenvalue weighted by molar-refractivity contribution is 5.88. The fraction of sp³-hybridized carbons (Fsp3) is 0.643. The first-order chi connectivity index (χ1) is 9.16. The molecule has 2 N–H and O–H groups in total. The van der Waals surface area contributed by atoms with E-state index in [0.717, 1.165) is 12.5 Å². The van der Waals surface area contributed by atoms with Crippen LogP contribution in [-0.4, -0.2) is 27.6 Å². The highest BCUT2D eigenvalue weighted by Crippen LogP contribution is 2.27. The smallest absolute Gasteiger partial charge is 0.339 e. The van der Waals surface area contributed by atoms with Crippen molar-refractivity contribution in [1.29, 1.82) is 0 Å². The number of hydrogen-bond donors (Lipinski definition) is 2. The standard InChI is InChI=1S/C14H21N3O2/c1-10-2-4-11(5-3-10)6-15-8-13-12(14(18)19)7-16-9-17-13/h7,9-11,15H,2-6,8H2,1H3,(H,18,19). The second-order valence-corrected chi connectivity index (χ2v) is 5.45. The van der Waals surface area contributed by atoms with Gasteiger partial charge in [0, 0.05) is 12.7 Å². The van der Waals surface area contributed by atoms with Gasteiger partial charge >= 0.3 is 5.97 Å². The molecule has 1 saturated carbocycles. The van der Waals surface area contributed by atoms with Crippen LogP contribution in [0.3, 0.4) is 0 Å². The average molecular weight is 263 g/mol. The van der Waals surface area contributed by atoms with Gasteiger partial charge in [0.2, 0.25) is 0 Å². The van der Waals surface area contributed by atoms with Crippen molar-refractivity contribution in [2.75, 3.05) is 6.54 Å². The van der Waals surface area contributed by atoms with Gasteiger partial charge in [0.15, 0.2) is 0 Å². The van der Waals surface area contributed by atoms with Gasteiger partial charge in [0.1, 0.15) is 11.9 Å². The molecule has 1 aromatic heterocycles. The first-order valence-corrected chi connectivity index (χ1v) is 6.89. The van der Waals surface area contributed by atoms with Crippen molar-refractivity contribution < 1.29 is 9.90 Å². The molecule has 1 aromatic rings. The molecule has 0 radical (unpaired) electrons. The maximum Gasteiger partial charge on any atom is 0.339 e. The zero-order valence-electron chi connectivity index (χ0n) is 11.3. The van der Waals surface area contributed by atoms with Crippen LogP contribution in [0.1, 0.15) is 48.7 Å². The molecule has 0 atom stereocenters. The number of aromatic carboxylic acids is 1. The van der Waals surface area contributed by atoms with Gasteiger partial charge in [-0.3, -0.25) is 0 Å². The molecular formula is C14H21N3O2. The molecule has 104 valence electrons. The summed E-state index contributed by atoms with van der Waals surface area (Å²) in [6.45, 7) is 3.75. The van der Waals surface area contributed by atoms with Crippen LogP contribution in [0.15, 0.2) is 12.5 Å². The van der Waals surface area contributed by atoms with Gasteiger partial charge in [-0.05, 0) is 31.2 Å². The van der Waals surface area contributed by atoms with Gasteiger partial charge in [0.25, 0.3) is 0 Å². The van der Waals surface area contributed by atoms with E-state index in [0.29, 0.717) is 18.2 Å². The fourth-order valence-corrected chi connectivity index (χ4v) is 2.60. The van der Waals surface area contributed by atoms with Crippen LogP contribution >= 0.6 is 0 Å². The van der Waals surface area contributed by atoms with E-state index in [4.69, 9.17) is 5.11 Å². The van der Waals surface area contributed by atoms with Gasteiger partial charge in [0.05, 0.1) is 5.69 Å². The minimum atomic E-state index is -0.969. The van der Waals surface area contributed by atoms with Gasteiger partial charge in [-0.1, -0.05) is 19.8 Å². The molecule has 5 heteroatoms. The quantitative estimate of drug-likeness (QED) is 0.850. The molecule has 5 nitrogen and oxygen atoms in total. The minimum Gasteiger partial charge on any atom is -0.478 e. The number of carboxylic acids is 1. The summed E-state index contributed by atoms with van der Waals surface area (Å²) in [4.78, 5) is 18.8. The lowest BCUT2D eigenvalue weighted by atomic mass is 9.83. The lowest BCUT2D eigenvalue weighted by Gasteiger charge is -2.26. The maximum absolute atomic E-state index is 11.0. The lowest BCUT2D eigenvalue weighted by Crippen LogP contribution is -2.26. The maximum atomic E-state index is 11.0. The molecular weight excluding hydrogens is 242 g/mol. The third-order valence-corrected chi connectivity index (χ3v) is 3.89. The van der Waals surface area contributed by atoms with Crippen molar-refractivity contribution in [1.82, 2.24) is 15.3 Å². The summed E-state index contributed by atoms with van der Waals surface area (Å²) in [7, 11) is 0. The third-order valence-electron chi connectivity index (χ3n) is 3.89. The molecule has 0 spiro atoms. The van der Waals surface area contributed by atoms with E-state index in [1.165, 1.54) is 38.2 Å². The molecule has 0 saturated heterocycles. The molecule has 19 heavy (non-hydrogen) atoms. The zero-order chi connectivity index (χ0) is 13.7. The van der Waals surface area contributed by atoms with E-state index in [1.807, 2.05) is 0 Å². The molecule has 0 bridgehead atoms. The molecule has 1 heterocycles. The van der Waals surface area contributed by atoms with Crippen LogP contribution in [-0.2, 0) is 6.54 Å². The number of hydrogen-bond acceptors (Lipinski definition) is 4. The summed E-state index contributed by atoms with van der Waals surface area (Å²) in [5.41, 5.74) is 0.749. The molecule has 1 fully saturated rings. The lowest BCUT2D eigenvalue weighted by molar-refractivity contribution is 0.0694. The summed E-state index contributed by atoms with van der Waals surface area (Å²) in [5.74, 6) is 0.604. The SMILES string of the molecule is CC1CCC(CNCc2ncncc2C(=O)O)CC1. The predicted octanol–water partition coefficient (Wildman–Crippen LogP) is 2.09. The Morgan fingerprint density at radius 1 is 1.42 bits per heavy atom. The number of carbonyl (C=O) groups is 1. The highest BCUT2D eigenvalue weighted by Gasteiger charge is 2.18. The summed E-state index contributed by atoms with van der Waals surface area (Å²) >= 11 is 0. The first-order valence-electron chi connectivity index (χ1n) is 6.89. The average Bonchev–Trinajstić information content (AvgIpc) is 2.41. The van der Waals surface area contributed by atoms with Crippen LogP contribution in [0.2, 0.25) is 0 Å². The monoisotopic (exact) mass is 263 g/mol. The molecule has 0 aromatic carbocycles. The predicted molar refractivity (Wildman–Crippen MR) is 71.8 cm³/mol. The Labute approximate surface area is 113 Å². The zero-order valence-corrected chi connectivity index (χ0v) is 11.3. The van der Waals surface area contributed by atoms with Crippen molar-refractivity contribution in [2.45, 2.75) is 39.2 Å². The Balaban J connectivity index is 1.81. The fourth-order valence-electron chi connectivity index (χ4n) is 2.60. The van der Waals surface area contributed by atoms with Crippen LogP contribution in [0, 0.1) is 11.8 Å². The normalized spacial score (nSPS) is 23.2. The van der Waals surface area contributed by atoms with E-state index >= 15 is 0 Å². The Morgan fingerprint density at radius 3 is 2.84 bits per heavy atom. The van der Waals surface area contributed by atoms with Crippen molar-refractivity contribution in [3.05, 3.63) is 23.8 Å². The number of rotatable bonds is 5. The van der Waals surface area contributed by atoms with E-state index < -0.39 is 5.97 Å². The van der Waals surface area contributed by atoms with E-state index in [1.54, 1.807) is 0 Å². The summed E-state index contributed by atoms with van der Waals surface area (Å²) < 4.78 is 0. The summed E-state index contributed by atoms with van der Waals surface area (Å²) in [5, 5.41) is 12.4. The highest BCUT2D eigenvalue weighted by atomic mass is 16.4.